The highest BCUT2D eigenvalue weighted by Crippen LogP contribution is 2.25. The van der Waals surface area contributed by atoms with Gasteiger partial charge in [0.15, 0.2) is 18.3 Å². The van der Waals surface area contributed by atoms with Gasteiger partial charge in [0.25, 0.3) is 5.91 Å². The first kappa shape index (κ1) is 107. The second-order valence-electron chi connectivity index (χ2n) is 27.0. The van der Waals surface area contributed by atoms with Crippen molar-refractivity contribution >= 4 is 134 Å². The maximum absolute atomic E-state index is 14.8. The fourth-order valence-corrected chi connectivity index (χ4v) is 14.0. The van der Waals surface area contributed by atoms with Gasteiger partial charge in [-0.2, -0.15) is 16.2 Å². The summed E-state index contributed by atoms with van der Waals surface area (Å²) >= 11 is 0.924. The van der Waals surface area contributed by atoms with Crippen LogP contribution in [0.25, 0.3) is 0 Å². The number of ketones is 1. The van der Waals surface area contributed by atoms with Crippen LogP contribution in [-0.2, 0) is 131 Å². The van der Waals surface area contributed by atoms with Gasteiger partial charge >= 0.3 is 5.97 Å². The number of benzene rings is 1. The van der Waals surface area contributed by atoms with Crippen molar-refractivity contribution in [3.05, 3.63) is 65.7 Å². The van der Waals surface area contributed by atoms with E-state index in [4.69, 9.17) is 69.4 Å². The molecule has 0 radical (unpaired) electrons. The number of guanidine groups is 1. The number of nitrogens with one attached hydrogen (secondary N) is 13. The van der Waals surface area contributed by atoms with Gasteiger partial charge in [-0.3, -0.25) is 86.5 Å². The number of nitrogens with zero attached hydrogens (tertiary/aromatic N) is 2. The molecule has 0 unspecified atom stereocenters. The lowest BCUT2D eigenvalue weighted by Gasteiger charge is -2.26. The van der Waals surface area contributed by atoms with Crippen molar-refractivity contribution in [2.75, 3.05) is 208 Å². The number of amides is 14. The van der Waals surface area contributed by atoms with Crippen molar-refractivity contribution in [1.29, 1.82) is 0 Å². The molecule has 2 bridgehead atoms. The number of carbonyl (C=O) groups excluding carboxylic acids is 15. The number of unbranched alkanes of at least 4 members (excludes halogenated alkanes) is 1. The van der Waals surface area contributed by atoms with E-state index in [1.165, 1.54) is 6.07 Å². The average molecular weight is 1830 g/mol. The summed E-state index contributed by atoms with van der Waals surface area (Å²) in [5.41, 5.74) is 18.7. The first-order valence-corrected chi connectivity index (χ1v) is 43.6. The average Bonchev–Trinajstić information content (AvgIpc) is 1.80. The summed E-state index contributed by atoms with van der Waals surface area (Å²) < 4.78 is 67.0. The molecule has 698 valence electrons. The number of aromatic nitrogens is 1. The number of carboxylic acids is 1. The molecule has 2 aromatic rings. The first-order chi connectivity index (χ1) is 60.3. The van der Waals surface area contributed by atoms with Gasteiger partial charge in [-0.15, -0.1) is 0 Å². The van der Waals surface area contributed by atoms with Crippen LogP contribution < -0.4 is 86.5 Å². The third-order valence-corrected chi connectivity index (χ3v) is 20.4. The lowest BCUT2D eigenvalue weighted by Crippen LogP contribution is -2.58. The second kappa shape index (κ2) is 66.4. The van der Waals surface area contributed by atoms with E-state index in [2.05, 4.69) is 79.3 Å². The van der Waals surface area contributed by atoms with E-state index in [-0.39, 0.29) is 199 Å². The number of hydrogen-bond donors (Lipinski definition) is 17. The molecule has 2 aliphatic heterocycles. The number of carboxylic acid groups (broad SMARTS) is 1. The molecule has 3 heterocycles. The van der Waals surface area contributed by atoms with E-state index in [1.54, 1.807) is 30.3 Å². The number of fused-ring (bicyclic) bond motifs is 5. The number of primary amides is 1. The van der Waals surface area contributed by atoms with Crippen LogP contribution in [0.2, 0.25) is 0 Å². The fraction of sp³-hybridized carbons (Fsp3) is 0.627. The van der Waals surface area contributed by atoms with Gasteiger partial charge in [-0.05, 0) is 56.2 Å². The van der Waals surface area contributed by atoms with E-state index in [9.17, 15) is 86.2 Å². The normalized spacial score (nSPS) is 18.4. The SMILES string of the molecule is NC(=O)COCC(=O)NCCOCCOCCOCCNC(=O)[C@@H]1CSCC(=O)N[C@@H](CCCCNC(=O)COCC(=O)NCCOCCOCCOCCOCCOCCNC(=O)CONC(=O)c2ccc(F)nc2)C(=O)N[C@H]2CSSC[C@H](NC(=O)[C@H](CC(=O)O)NC(=O)CNC(=O)[C@H](CCCN=C(N)N)NC2=O)C(=O)N[C@@H](Cc2ccccc2)C(=O)C1. The Balaban J connectivity index is 1.34. The fourth-order valence-electron chi connectivity index (χ4n) is 10.7. The van der Waals surface area contributed by atoms with Crippen LogP contribution in [0.15, 0.2) is 53.7 Å². The summed E-state index contributed by atoms with van der Waals surface area (Å²) in [6, 6.07) is 1.42. The summed E-state index contributed by atoms with van der Waals surface area (Å²) in [5, 5.41) is 40.9. The number of hydrogen-bond acceptors (Lipinski definition) is 32. The van der Waals surface area contributed by atoms with Gasteiger partial charge in [0.2, 0.25) is 82.7 Å². The van der Waals surface area contributed by atoms with Gasteiger partial charge in [0, 0.05) is 69.1 Å². The number of pyridine rings is 1. The largest absolute Gasteiger partial charge is 0.481 e. The highest BCUT2D eigenvalue weighted by atomic mass is 33.1. The van der Waals surface area contributed by atoms with Gasteiger partial charge in [0.1, 0.15) is 56.6 Å². The molecule has 2 saturated heterocycles. The van der Waals surface area contributed by atoms with Gasteiger partial charge in [0.05, 0.1) is 142 Å². The van der Waals surface area contributed by atoms with Crippen molar-refractivity contribution in [1.82, 2.24) is 74.3 Å². The highest BCUT2D eigenvalue weighted by molar-refractivity contribution is 8.76. The molecule has 14 amide bonds. The molecule has 1 aromatic carbocycles. The maximum atomic E-state index is 14.8. The Morgan fingerprint density at radius 2 is 0.960 bits per heavy atom. The number of nitrogens with two attached hydrogens (primary N) is 3. The van der Waals surface area contributed by atoms with E-state index < -0.39 is 194 Å². The van der Waals surface area contributed by atoms with E-state index in [0.29, 0.717) is 25.4 Å². The first-order valence-electron chi connectivity index (χ1n) is 39.9. The number of Topliss-reactive ketones (excluding diaryl/α,β-unsaturated/α-hetero) is 1. The van der Waals surface area contributed by atoms with E-state index >= 15 is 0 Å². The molecule has 0 spiro atoms. The molecule has 7 atom stereocenters. The lowest BCUT2D eigenvalue weighted by atomic mass is 9.94. The summed E-state index contributed by atoms with van der Waals surface area (Å²) in [5.74, 6) is -16.6. The molecule has 2 fully saturated rings. The van der Waals surface area contributed by atoms with Crippen molar-refractivity contribution < 1.29 is 138 Å². The van der Waals surface area contributed by atoms with E-state index in [0.717, 1.165) is 45.6 Å². The third-order valence-electron chi connectivity index (χ3n) is 16.9. The predicted molar refractivity (Wildman–Crippen MR) is 446 cm³/mol. The summed E-state index contributed by atoms with van der Waals surface area (Å²) in [7, 11) is 1.80. The van der Waals surface area contributed by atoms with Crippen LogP contribution in [0.5, 0.6) is 0 Å². The molecule has 4 rings (SSSR count). The molecule has 1 aromatic heterocycles. The standard InChI is InChI=1S/C75H115FN18O28S3/c76-59-12-11-50(38-86-59)69(106)94-122-44-65(101)83-17-21-114-25-29-118-32-34-119-33-31-117-28-24-113-20-16-82-64(100)43-121-42-62(98)80-13-5-4-9-53-71(108)92-56-46-124-125-47-57(93-72(109)55(37-67(103)104)89-61(97)39-87-70(107)52(90-73(56)110)10-6-14-85-75(78)79)74(111)91-54(35-49-7-2-1-3-8-49)58(95)36-51(45-123-48-66(102)88-53)68(105)84-18-22-115-26-30-116-27-23-112-19-15-81-63(99)41-120-40-60(77)96/h1-3,7-8,11-12,38,51-57H,4-6,9-10,13-37,39-48H2,(H2,77,96)(H,80,98)(H,81,99)(H,82,100)(H,83,101)(H,84,105)(H,87,107)(H,88,102)(H,89,97)(H,90,110)(H,91,111)(H,92,108)(H,93,109)(H,94,106)(H,103,104)(H4,78,79,85)/t51-,52-,53-,54-,55-,56-,57-/m0/s1. The van der Waals surface area contributed by atoms with Crippen LogP contribution in [0.1, 0.15) is 60.9 Å². The van der Waals surface area contributed by atoms with Crippen LogP contribution in [-0.4, -0.2) is 354 Å². The number of hydroxylamine groups is 1. The summed E-state index contributed by atoms with van der Waals surface area (Å²) in [6.45, 7) is 0.620. The Kier molecular flexibility index (Phi) is 56.9. The third kappa shape index (κ3) is 52.4. The van der Waals surface area contributed by atoms with Crippen LogP contribution in [0.3, 0.4) is 0 Å². The van der Waals surface area contributed by atoms with Crippen LogP contribution in [0, 0.1) is 11.9 Å². The molecule has 2 aliphatic rings. The lowest BCUT2D eigenvalue weighted by molar-refractivity contribution is -0.141. The number of thioether (sulfide) groups is 1. The zero-order chi connectivity index (χ0) is 91.0. The Hall–Kier alpha value is -10.1. The minimum atomic E-state index is -1.84. The Morgan fingerprint density at radius 1 is 0.488 bits per heavy atom. The molecule has 46 nitrogen and oxygen atoms in total. The quantitative estimate of drug-likeness (QED) is 0.00731. The topological polar surface area (TPSA) is 655 Å². The number of aliphatic carboxylic acids is 1. The van der Waals surface area contributed by atoms with Crippen molar-refractivity contribution in [3.63, 3.8) is 0 Å². The Morgan fingerprint density at radius 3 is 1.47 bits per heavy atom. The van der Waals surface area contributed by atoms with Crippen LogP contribution in [0.4, 0.5) is 4.39 Å². The van der Waals surface area contributed by atoms with Crippen LogP contribution >= 0.6 is 33.3 Å². The van der Waals surface area contributed by atoms with Gasteiger partial charge < -0.3 is 133 Å². The van der Waals surface area contributed by atoms with Crippen molar-refractivity contribution in [2.24, 2.45) is 28.1 Å². The molecule has 20 N–H and O–H groups in total. The number of rotatable bonds is 56. The Bertz CT molecular complexity index is 3710. The molecular weight excluding hydrogens is 1720 g/mol. The Labute approximate surface area is 732 Å². The number of ether oxygens (including phenoxy) is 10. The monoisotopic (exact) mass is 1830 g/mol. The molecule has 125 heavy (non-hydrogen) atoms. The number of aliphatic imine (C=N–C) groups is 1. The summed E-state index contributed by atoms with van der Waals surface area (Å²) in [4.78, 5) is 225. The summed E-state index contributed by atoms with van der Waals surface area (Å²) in [6.07, 6.45) is -0.476. The zero-order valence-electron chi connectivity index (χ0n) is 69.1. The molecule has 0 saturated carbocycles. The van der Waals surface area contributed by atoms with Gasteiger partial charge in [-0.1, -0.05) is 51.9 Å². The molecule has 0 aliphatic carbocycles. The zero-order valence-corrected chi connectivity index (χ0v) is 71.6. The number of carbonyl (C=O) groups is 16. The smallest absolute Gasteiger partial charge is 0.305 e. The molecular formula is C75H115FN18O28S3. The molecule has 50 heteroatoms. The maximum Gasteiger partial charge on any atom is 0.305 e. The second-order valence-corrected chi connectivity index (χ2v) is 30.6. The predicted octanol–water partition coefficient (Wildman–Crippen LogP) is -7.20. The minimum absolute atomic E-state index is 0.0216. The van der Waals surface area contributed by atoms with Gasteiger partial charge in [-0.25, -0.2) is 10.5 Å². The highest BCUT2D eigenvalue weighted by Gasteiger charge is 2.36. The van der Waals surface area contributed by atoms with Crippen molar-refractivity contribution in [2.45, 2.75) is 87.6 Å². The number of halogens is 1. The van der Waals surface area contributed by atoms with E-state index in [1.807, 2.05) is 0 Å². The van der Waals surface area contributed by atoms with Crippen molar-refractivity contribution in [3.8, 4) is 0 Å². The minimum Gasteiger partial charge on any atom is -0.481 e.